The van der Waals surface area contributed by atoms with Gasteiger partial charge in [0.25, 0.3) is 0 Å². The van der Waals surface area contributed by atoms with E-state index in [1.54, 1.807) is 0 Å². The first-order chi connectivity index (χ1) is 16.2. The SMILES string of the molecule is CN1CCN(c2ccccc2CN2CCN[C@@H](CN(C)[C@H]3CCCc4cccnc43)C2)CC1. The first-order valence-electron chi connectivity index (χ1n) is 12.8. The van der Waals surface area contributed by atoms with E-state index < -0.39 is 0 Å². The van der Waals surface area contributed by atoms with Gasteiger partial charge in [0.2, 0.25) is 0 Å². The second kappa shape index (κ2) is 10.5. The Balaban J connectivity index is 1.21. The molecule has 0 spiro atoms. The van der Waals surface area contributed by atoms with Crippen molar-refractivity contribution in [2.45, 2.75) is 37.9 Å². The minimum Gasteiger partial charge on any atom is -0.369 e. The Morgan fingerprint density at radius 2 is 1.91 bits per heavy atom. The van der Waals surface area contributed by atoms with Crippen LogP contribution in [0.1, 0.15) is 35.7 Å². The summed E-state index contributed by atoms with van der Waals surface area (Å²) in [5.41, 5.74) is 5.66. The number of hydrogen-bond donors (Lipinski definition) is 1. The molecule has 2 saturated heterocycles. The molecule has 2 aliphatic heterocycles. The zero-order chi connectivity index (χ0) is 22.6. The number of pyridine rings is 1. The van der Waals surface area contributed by atoms with E-state index in [2.05, 4.69) is 75.4 Å². The van der Waals surface area contributed by atoms with Crippen LogP contribution >= 0.6 is 0 Å². The molecule has 5 rings (SSSR count). The average molecular weight is 449 g/mol. The molecule has 33 heavy (non-hydrogen) atoms. The molecule has 2 aromatic rings. The van der Waals surface area contributed by atoms with E-state index in [-0.39, 0.29) is 0 Å². The number of benzene rings is 1. The molecule has 3 heterocycles. The van der Waals surface area contributed by atoms with Crippen molar-refractivity contribution in [3.8, 4) is 0 Å². The van der Waals surface area contributed by atoms with Crippen LogP contribution in [0.2, 0.25) is 0 Å². The summed E-state index contributed by atoms with van der Waals surface area (Å²) in [6.07, 6.45) is 5.62. The third-order valence-electron chi connectivity index (χ3n) is 7.77. The average Bonchev–Trinajstić information content (AvgIpc) is 2.85. The standard InChI is InChI=1S/C27H40N6/c1-30-15-17-33(18-16-30)25-10-4-3-7-23(25)19-32-14-13-28-24(21-32)20-31(2)26-11-5-8-22-9-6-12-29-27(22)26/h3-4,6-7,9-10,12,24,26,28H,5,8,11,13-21H2,1-2H3/t24-,26-/m0/s1. The maximum absolute atomic E-state index is 4.76. The molecule has 6 heteroatoms. The molecule has 6 nitrogen and oxygen atoms in total. The van der Waals surface area contributed by atoms with Gasteiger partial charge in [-0.15, -0.1) is 0 Å². The van der Waals surface area contributed by atoms with E-state index in [0.29, 0.717) is 12.1 Å². The van der Waals surface area contributed by atoms with Crippen molar-refractivity contribution in [3.05, 3.63) is 59.4 Å². The maximum atomic E-state index is 4.76. The summed E-state index contributed by atoms with van der Waals surface area (Å²) in [4.78, 5) is 15.0. The Hall–Kier alpha value is -1.99. The molecule has 2 fully saturated rings. The number of rotatable bonds is 6. The monoisotopic (exact) mass is 448 g/mol. The molecule has 1 aliphatic carbocycles. The number of fused-ring (bicyclic) bond motifs is 1. The topological polar surface area (TPSA) is 37.9 Å². The quantitative estimate of drug-likeness (QED) is 0.732. The zero-order valence-corrected chi connectivity index (χ0v) is 20.4. The molecule has 178 valence electrons. The summed E-state index contributed by atoms with van der Waals surface area (Å²) in [5.74, 6) is 0. The van der Waals surface area contributed by atoms with E-state index in [4.69, 9.17) is 4.98 Å². The summed E-state index contributed by atoms with van der Waals surface area (Å²) in [6, 6.07) is 14.4. The van der Waals surface area contributed by atoms with Crippen LogP contribution in [0.4, 0.5) is 5.69 Å². The van der Waals surface area contributed by atoms with Gasteiger partial charge >= 0.3 is 0 Å². The van der Waals surface area contributed by atoms with Gasteiger partial charge in [-0.1, -0.05) is 24.3 Å². The van der Waals surface area contributed by atoms with Gasteiger partial charge in [-0.05, 0) is 56.6 Å². The normalized spacial score (nSPS) is 24.8. The first kappa shape index (κ1) is 22.8. The lowest BCUT2D eigenvalue weighted by molar-refractivity contribution is 0.138. The Labute approximate surface area is 199 Å². The molecule has 1 aromatic heterocycles. The molecule has 3 aliphatic rings. The van der Waals surface area contributed by atoms with E-state index in [1.165, 1.54) is 41.8 Å². The second-order valence-electron chi connectivity index (χ2n) is 10.2. The van der Waals surface area contributed by atoms with Crippen molar-refractivity contribution in [1.29, 1.82) is 0 Å². The molecule has 1 aromatic carbocycles. The molecule has 0 bridgehead atoms. The predicted octanol–water partition coefficient (Wildman–Crippen LogP) is 2.62. The lowest BCUT2D eigenvalue weighted by Gasteiger charge is -2.39. The Morgan fingerprint density at radius 3 is 2.79 bits per heavy atom. The van der Waals surface area contributed by atoms with Crippen LogP contribution in [0.25, 0.3) is 0 Å². The molecule has 0 amide bonds. The molecule has 1 N–H and O–H groups in total. The summed E-state index contributed by atoms with van der Waals surface area (Å²) < 4.78 is 0. The van der Waals surface area contributed by atoms with Gasteiger partial charge in [-0.25, -0.2) is 0 Å². The summed E-state index contributed by atoms with van der Waals surface area (Å²) in [7, 11) is 4.51. The van der Waals surface area contributed by atoms with E-state index in [1.807, 2.05) is 6.20 Å². The fourth-order valence-electron chi connectivity index (χ4n) is 5.89. The molecule has 2 atom stereocenters. The Morgan fingerprint density at radius 1 is 1.06 bits per heavy atom. The van der Waals surface area contributed by atoms with Crippen molar-refractivity contribution < 1.29 is 0 Å². The third-order valence-corrected chi connectivity index (χ3v) is 7.77. The van der Waals surface area contributed by atoms with Crippen LogP contribution in [-0.4, -0.2) is 92.2 Å². The molecule has 0 unspecified atom stereocenters. The van der Waals surface area contributed by atoms with Gasteiger partial charge in [0.1, 0.15) is 0 Å². The Kier molecular flexibility index (Phi) is 7.26. The number of aryl methyl sites for hydroxylation is 1. The predicted molar refractivity (Wildman–Crippen MR) is 136 cm³/mol. The minimum atomic E-state index is 0.449. The zero-order valence-electron chi connectivity index (χ0n) is 20.4. The number of likely N-dealkylation sites (N-methyl/N-ethyl adjacent to an activating group) is 2. The molecule has 0 saturated carbocycles. The number of nitrogens with one attached hydrogen (secondary N) is 1. The van der Waals surface area contributed by atoms with Gasteiger partial charge in [0.15, 0.2) is 0 Å². The summed E-state index contributed by atoms with van der Waals surface area (Å²) in [6.45, 7) is 9.93. The van der Waals surface area contributed by atoms with Gasteiger partial charge < -0.3 is 15.1 Å². The van der Waals surface area contributed by atoms with E-state index in [0.717, 1.165) is 58.9 Å². The fraction of sp³-hybridized carbons (Fsp3) is 0.593. The summed E-state index contributed by atoms with van der Waals surface area (Å²) in [5, 5.41) is 3.79. The third kappa shape index (κ3) is 5.40. The van der Waals surface area contributed by atoms with Crippen molar-refractivity contribution in [3.63, 3.8) is 0 Å². The van der Waals surface area contributed by atoms with Crippen molar-refractivity contribution >= 4 is 5.69 Å². The van der Waals surface area contributed by atoms with Crippen LogP contribution in [0.3, 0.4) is 0 Å². The van der Waals surface area contributed by atoms with E-state index in [9.17, 15) is 0 Å². The highest BCUT2D eigenvalue weighted by atomic mass is 15.3. The van der Waals surface area contributed by atoms with Crippen LogP contribution in [0, 0.1) is 0 Å². The highest BCUT2D eigenvalue weighted by molar-refractivity contribution is 5.54. The second-order valence-corrected chi connectivity index (χ2v) is 10.2. The van der Waals surface area contributed by atoms with Crippen LogP contribution < -0.4 is 10.2 Å². The number of nitrogens with zero attached hydrogens (tertiary/aromatic N) is 5. The van der Waals surface area contributed by atoms with Gasteiger partial charge in [-0.3, -0.25) is 14.8 Å². The van der Waals surface area contributed by atoms with Crippen molar-refractivity contribution in [2.24, 2.45) is 0 Å². The van der Waals surface area contributed by atoms with Gasteiger partial charge in [0.05, 0.1) is 11.7 Å². The maximum Gasteiger partial charge on any atom is 0.0607 e. The fourth-order valence-corrected chi connectivity index (χ4v) is 5.89. The molecular weight excluding hydrogens is 408 g/mol. The lowest BCUT2D eigenvalue weighted by Crippen LogP contribution is -2.54. The smallest absolute Gasteiger partial charge is 0.0607 e. The van der Waals surface area contributed by atoms with Crippen molar-refractivity contribution in [1.82, 2.24) is 25.0 Å². The lowest BCUT2D eigenvalue weighted by atomic mass is 9.91. The first-order valence-corrected chi connectivity index (χ1v) is 12.8. The molecular formula is C27H40N6. The number of piperazine rings is 2. The number of hydrogen-bond acceptors (Lipinski definition) is 6. The number of anilines is 1. The van der Waals surface area contributed by atoms with Crippen LogP contribution in [0.5, 0.6) is 0 Å². The highest BCUT2D eigenvalue weighted by Crippen LogP contribution is 2.32. The van der Waals surface area contributed by atoms with E-state index >= 15 is 0 Å². The van der Waals surface area contributed by atoms with Gasteiger partial charge in [-0.2, -0.15) is 0 Å². The largest absolute Gasteiger partial charge is 0.369 e. The highest BCUT2D eigenvalue weighted by Gasteiger charge is 2.28. The van der Waals surface area contributed by atoms with Crippen molar-refractivity contribution in [2.75, 3.05) is 71.4 Å². The number of para-hydroxylation sites is 1. The number of aromatic nitrogens is 1. The molecule has 0 radical (unpaired) electrons. The minimum absolute atomic E-state index is 0.449. The van der Waals surface area contributed by atoms with Crippen LogP contribution in [-0.2, 0) is 13.0 Å². The Bertz CT molecular complexity index is 909. The van der Waals surface area contributed by atoms with Gasteiger partial charge in [0, 0.05) is 76.8 Å². The van der Waals surface area contributed by atoms with Crippen LogP contribution in [0.15, 0.2) is 42.6 Å². The summed E-state index contributed by atoms with van der Waals surface area (Å²) >= 11 is 0.